The summed E-state index contributed by atoms with van der Waals surface area (Å²) in [6.45, 7) is 5.46. The molecule has 0 radical (unpaired) electrons. The lowest BCUT2D eigenvalue weighted by Gasteiger charge is -2.33. The van der Waals surface area contributed by atoms with Gasteiger partial charge in [0.15, 0.2) is 0 Å². The molecule has 230 valence electrons. The van der Waals surface area contributed by atoms with Crippen LogP contribution in [0, 0.1) is 12.7 Å². The smallest absolute Gasteiger partial charge is 0.264 e. The van der Waals surface area contributed by atoms with Gasteiger partial charge < -0.3 is 15.0 Å². The van der Waals surface area contributed by atoms with Crippen molar-refractivity contribution in [3.8, 4) is 5.75 Å². The number of sulfonamides is 1. The van der Waals surface area contributed by atoms with Crippen LogP contribution in [0.15, 0.2) is 77.7 Å². The molecule has 0 bridgehead atoms. The maximum absolute atomic E-state index is 14.2. The standard InChI is InChI=1S/C33H40FN3O5S/c1-4-31(33(39)35-27-8-6-7-9-27)36(22-25-12-14-26(34)15-13-25)32(38)23-37(28-16-10-24(3)11-17-28)43(40,41)30-20-18-29(19-21-30)42-5-2/h10-21,27,31H,4-9,22-23H2,1-3H3,(H,35,39). The Morgan fingerprint density at radius 1 is 0.953 bits per heavy atom. The number of ether oxygens (including phenoxy) is 1. The minimum Gasteiger partial charge on any atom is -0.494 e. The Kier molecular flexibility index (Phi) is 10.8. The molecule has 0 saturated heterocycles. The van der Waals surface area contributed by atoms with E-state index in [1.54, 1.807) is 48.5 Å². The Balaban J connectivity index is 1.70. The molecule has 10 heteroatoms. The van der Waals surface area contributed by atoms with Crippen molar-refractivity contribution in [2.75, 3.05) is 17.5 Å². The molecular formula is C33H40FN3O5S. The summed E-state index contributed by atoms with van der Waals surface area (Å²) in [5.74, 6) is -0.711. The van der Waals surface area contributed by atoms with Crippen molar-refractivity contribution in [2.45, 2.75) is 76.4 Å². The number of hydrogen-bond donors (Lipinski definition) is 1. The zero-order chi connectivity index (χ0) is 31.0. The van der Waals surface area contributed by atoms with Crippen molar-refractivity contribution >= 4 is 27.5 Å². The van der Waals surface area contributed by atoms with Crippen LogP contribution in [0.3, 0.4) is 0 Å². The second kappa shape index (κ2) is 14.5. The van der Waals surface area contributed by atoms with E-state index in [4.69, 9.17) is 4.74 Å². The van der Waals surface area contributed by atoms with Gasteiger partial charge in [-0.3, -0.25) is 13.9 Å². The van der Waals surface area contributed by atoms with E-state index in [1.807, 2.05) is 20.8 Å². The van der Waals surface area contributed by atoms with Gasteiger partial charge in [0.1, 0.15) is 24.2 Å². The first kappa shape index (κ1) is 32.0. The van der Waals surface area contributed by atoms with Crippen LogP contribution < -0.4 is 14.4 Å². The van der Waals surface area contributed by atoms with E-state index in [1.165, 1.54) is 29.2 Å². The molecule has 43 heavy (non-hydrogen) atoms. The van der Waals surface area contributed by atoms with Gasteiger partial charge in [0.25, 0.3) is 10.0 Å². The van der Waals surface area contributed by atoms with Crippen molar-refractivity contribution < 1.29 is 27.1 Å². The Morgan fingerprint density at radius 2 is 1.58 bits per heavy atom. The van der Waals surface area contributed by atoms with Gasteiger partial charge in [-0.1, -0.05) is 49.6 Å². The fourth-order valence-corrected chi connectivity index (χ4v) is 6.73. The average molecular weight is 610 g/mol. The summed E-state index contributed by atoms with van der Waals surface area (Å²) in [5.41, 5.74) is 1.87. The molecule has 0 spiro atoms. The molecular weight excluding hydrogens is 569 g/mol. The maximum Gasteiger partial charge on any atom is 0.264 e. The maximum atomic E-state index is 14.2. The number of rotatable bonds is 13. The van der Waals surface area contributed by atoms with E-state index < -0.39 is 34.3 Å². The third kappa shape index (κ3) is 8.13. The van der Waals surface area contributed by atoms with Gasteiger partial charge in [-0.05, 0) is 87.2 Å². The normalized spacial score (nSPS) is 14.2. The molecule has 0 heterocycles. The van der Waals surface area contributed by atoms with Gasteiger partial charge in [0.2, 0.25) is 11.8 Å². The van der Waals surface area contributed by atoms with Crippen LogP contribution in [0.2, 0.25) is 0 Å². The number of amides is 2. The fraction of sp³-hybridized carbons (Fsp3) is 0.394. The van der Waals surface area contributed by atoms with E-state index in [2.05, 4.69) is 5.32 Å². The van der Waals surface area contributed by atoms with Crippen LogP contribution in [0.5, 0.6) is 5.75 Å². The van der Waals surface area contributed by atoms with Crippen molar-refractivity contribution in [1.82, 2.24) is 10.2 Å². The quantitative estimate of drug-likeness (QED) is 0.273. The highest BCUT2D eigenvalue weighted by Gasteiger charge is 2.34. The molecule has 1 N–H and O–H groups in total. The molecule has 2 amide bonds. The van der Waals surface area contributed by atoms with Crippen molar-refractivity contribution in [3.05, 3.63) is 89.7 Å². The number of carbonyl (C=O) groups excluding carboxylic acids is 2. The summed E-state index contributed by atoms with van der Waals surface area (Å²) >= 11 is 0. The SMILES string of the molecule is CCOc1ccc(S(=O)(=O)N(CC(=O)N(Cc2ccc(F)cc2)C(CC)C(=O)NC2CCCC2)c2ccc(C)cc2)cc1. The lowest BCUT2D eigenvalue weighted by Crippen LogP contribution is -2.53. The van der Waals surface area contributed by atoms with Crippen molar-refractivity contribution in [1.29, 1.82) is 0 Å². The predicted molar refractivity (Wildman–Crippen MR) is 165 cm³/mol. The lowest BCUT2D eigenvalue weighted by molar-refractivity contribution is -0.140. The van der Waals surface area contributed by atoms with Gasteiger partial charge in [-0.15, -0.1) is 0 Å². The Labute approximate surface area is 253 Å². The van der Waals surface area contributed by atoms with E-state index in [9.17, 15) is 22.4 Å². The summed E-state index contributed by atoms with van der Waals surface area (Å²) < 4.78 is 48.3. The molecule has 1 aliphatic rings. The lowest BCUT2D eigenvalue weighted by atomic mass is 10.1. The number of anilines is 1. The molecule has 3 aromatic carbocycles. The minimum absolute atomic E-state index is 0.000399. The van der Waals surface area contributed by atoms with Gasteiger partial charge in [0, 0.05) is 12.6 Å². The van der Waals surface area contributed by atoms with E-state index in [0.29, 0.717) is 30.0 Å². The second-order valence-corrected chi connectivity index (χ2v) is 12.7. The first-order valence-electron chi connectivity index (χ1n) is 14.8. The van der Waals surface area contributed by atoms with Crippen LogP contribution in [-0.4, -0.2) is 50.4 Å². The monoisotopic (exact) mass is 609 g/mol. The number of halogens is 1. The van der Waals surface area contributed by atoms with Crippen LogP contribution >= 0.6 is 0 Å². The number of nitrogens with zero attached hydrogens (tertiary/aromatic N) is 2. The van der Waals surface area contributed by atoms with Crippen LogP contribution in [0.1, 0.15) is 57.1 Å². The van der Waals surface area contributed by atoms with Gasteiger partial charge in [0.05, 0.1) is 17.2 Å². The molecule has 8 nitrogen and oxygen atoms in total. The topological polar surface area (TPSA) is 96.0 Å². The van der Waals surface area contributed by atoms with Gasteiger partial charge in [-0.2, -0.15) is 0 Å². The van der Waals surface area contributed by atoms with Gasteiger partial charge >= 0.3 is 0 Å². The summed E-state index contributed by atoms with van der Waals surface area (Å²) in [4.78, 5) is 29.1. The molecule has 3 aromatic rings. The summed E-state index contributed by atoms with van der Waals surface area (Å²) in [7, 11) is -4.20. The summed E-state index contributed by atoms with van der Waals surface area (Å²) in [6.07, 6.45) is 4.16. The highest BCUT2D eigenvalue weighted by Crippen LogP contribution is 2.27. The van der Waals surface area contributed by atoms with E-state index in [0.717, 1.165) is 35.6 Å². The van der Waals surface area contributed by atoms with Crippen molar-refractivity contribution in [3.63, 3.8) is 0 Å². The molecule has 1 atom stereocenters. The first-order valence-corrected chi connectivity index (χ1v) is 16.2. The predicted octanol–water partition coefficient (Wildman–Crippen LogP) is 5.59. The first-order chi connectivity index (χ1) is 20.6. The van der Waals surface area contributed by atoms with Crippen LogP contribution in [-0.2, 0) is 26.2 Å². The second-order valence-electron chi connectivity index (χ2n) is 10.8. The van der Waals surface area contributed by atoms with Crippen LogP contribution in [0.25, 0.3) is 0 Å². The van der Waals surface area contributed by atoms with E-state index >= 15 is 0 Å². The summed E-state index contributed by atoms with van der Waals surface area (Å²) in [5, 5.41) is 3.09. The Bertz CT molecular complexity index is 1470. The minimum atomic E-state index is -4.20. The molecule has 0 aromatic heterocycles. The van der Waals surface area contributed by atoms with Gasteiger partial charge in [-0.25, -0.2) is 12.8 Å². The number of aryl methyl sites for hydroxylation is 1. The molecule has 1 fully saturated rings. The highest BCUT2D eigenvalue weighted by molar-refractivity contribution is 7.92. The Morgan fingerprint density at radius 3 is 2.16 bits per heavy atom. The number of nitrogens with one attached hydrogen (secondary N) is 1. The third-order valence-electron chi connectivity index (χ3n) is 7.68. The third-order valence-corrected chi connectivity index (χ3v) is 9.47. The number of carbonyl (C=O) groups is 2. The highest BCUT2D eigenvalue weighted by atomic mass is 32.2. The number of benzene rings is 3. The molecule has 1 unspecified atom stereocenters. The molecule has 4 rings (SSSR count). The molecule has 0 aliphatic heterocycles. The zero-order valence-corrected chi connectivity index (χ0v) is 25.8. The van der Waals surface area contributed by atoms with Crippen LogP contribution in [0.4, 0.5) is 10.1 Å². The average Bonchev–Trinajstić information content (AvgIpc) is 3.50. The number of hydrogen-bond acceptors (Lipinski definition) is 5. The largest absolute Gasteiger partial charge is 0.494 e. The molecule has 1 saturated carbocycles. The van der Waals surface area contributed by atoms with E-state index in [-0.39, 0.29) is 23.4 Å². The summed E-state index contributed by atoms with van der Waals surface area (Å²) in [6, 6.07) is 17.8. The molecule has 1 aliphatic carbocycles. The zero-order valence-electron chi connectivity index (χ0n) is 25.0. The Hall–Kier alpha value is -3.92. The van der Waals surface area contributed by atoms with Crippen molar-refractivity contribution in [2.24, 2.45) is 0 Å². The fourth-order valence-electron chi connectivity index (χ4n) is 5.32.